The van der Waals surface area contributed by atoms with Gasteiger partial charge in [0, 0.05) is 44.9 Å². The molecule has 2 fully saturated rings. The number of anilines is 2. The van der Waals surface area contributed by atoms with Gasteiger partial charge in [-0.3, -0.25) is 9.52 Å². The Labute approximate surface area is 202 Å². The molecule has 2 saturated heterocycles. The third-order valence-electron chi connectivity index (χ3n) is 6.33. The molecule has 0 aromatic heterocycles. The van der Waals surface area contributed by atoms with Crippen molar-refractivity contribution in [2.45, 2.75) is 43.6 Å². The molecule has 184 valence electrons. The first-order valence-electron chi connectivity index (χ1n) is 12.0. The summed E-state index contributed by atoms with van der Waals surface area (Å²) in [6, 6.07) is 12.1. The smallest absolute Gasteiger partial charge is 0.261 e. The number of nitrogens with zero attached hydrogens (tertiary/aromatic N) is 1. The number of sulfonamides is 1. The minimum atomic E-state index is -3.83. The van der Waals surface area contributed by atoms with Crippen molar-refractivity contribution < 1.29 is 17.9 Å². The normalized spacial score (nSPS) is 18.8. The summed E-state index contributed by atoms with van der Waals surface area (Å²) in [4.78, 5) is 15.1. The summed E-state index contributed by atoms with van der Waals surface area (Å²) in [5, 5.41) is 6.22. The number of carbonyl (C=O) groups is 1. The molecule has 2 aromatic rings. The lowest BCUT2D eigenvalue weighted by Crippen LogP contribution is -2.43. The zero-order valence-corrected chi connectivity index (χ0v) is 20.7. The number of amides is 1. The molecule has 1 atom stereocenters. The largest absolute Gasteiger partial charge is 0.376 e. The second-order valence-corrected chi connectivity index (χ2v) is 10.8. The Kier molecular flexibility index (Phi) is 7.75. The minimum Gasteiger partial charge on any atom is -0.376 e. The van der Waals surface area contributed by atoms with Gasteiger partial charge in [-0.2, -0.15) is 0 Å². The SMILES string of the molecule is CC(C)c1ccc(S(=O)(=O)Nc2cc(C(=O)NC[C@H]3CCCO3)ccc2N2CCNCC2)cc1. The molecule has 0 saturated carbocycles. The van der Waals surface area contributed by atoms with Crippen molar-refractivity contribution in [1.29, 1.82) is 0 Å². The molecule has 8 nitrogen and oxygen atoms in total. The van der Waals surface area contributed by atoms with E-state index in [1.165, 1.54) is 0 Å². The molecule has 0 bridgehead atoms. The molecule has 0 aliphatic carbocycles. The highest BCUT2D eigenvalue weighted by Gasteiger charge is 2.22. The van der Waals surface area contributed by atoms with Crippen LogP contribution in [0.3, 0.4) is 0 Å². The lowest BCUT2D eigenvalue weighted by atomic mass is 10.0. The average molecular weight is 487 g/mol. The fourth-order valence-electron chi connectivity index (χ4n) is 4.29. The Balaban J connectivity index is 1.59. The molecule has 34 heavy (non-hydrogen) atoms. The first kappa shape index (κ1) is 24.5. The zero-order chi connectivity index (χ0) is 24.1. The maximum Gasteiger partial charge on any atom is 0.261 e. The van der Waals surface area contributed by atoms with E-state index >= 15 is 0 Å². The Bertz CT molecular complexity index is 1090. The van der Waals surface area contributed by atoms with Crippen LogP contribution in [-0.2, 0) is 14.8 Å². The van der Waals surface area contributed by atoms with E-state index in [2.05, 4.69) is 34.1 Å². The van der Waals surface area contributed by atoms with Crippen LogP contribution in [0.1, 0.15) is 48.5 Å². The topological polar surface area (TPSA) is 99.8 Å². The summed E-state index contributed by atoms with van der Waals surface area (Å²) in [6.45, 7) is 8.43. The first-order valence-corrected chi connectivity index (χ1v) is 13.4. The highest BCUT2D eigenvalue weighted by molar-refractivity contribution is 7.92. The molecular formula is C25H34N4O4S. The number of hydrogen-bond acceptors (Lipinski definition) is 6. The molecule has 2 aliphatic heterocycles. The average Bonchev–Trinajstić information content (AvgIpc) is 3.36. The van der Waals surface area contributed by atoms with E-state index in [9.17, 15) is 13.2 Å². The maximum atomic E-state index is 13.2. The van der Waals surface area contributed by atoms with E-state index in [1.807, 2.05) is 18.2 Å². The Hall–Kier alpha value is -2.62. The van der Waals surface area contributed by atoms with Gasteiger partial charge in [-0.15, -0.1) is 0 Å². The molecule has 1 amide bonds. The van der Waals surface area contributed by atoms with E-state index in [4.69, 9.17) is 4.74 Å². The van der Waals surface area contributed by atoms with Crippen LogP contribution in [0, 0.1) is 0 Å². The van der Waals surface area contributed by atoms with Crippen molar-refractivity contribution in [3.05, 3.63) is 53.6 Å². The van der Waals surface area contributed by atoms with Gasteiger partial charge in [-0.05, 0) is 54.7 Å². The van der Waals surface area contributed by atoms with Gasteiger partial charge in [-0.1, -0.05) is 26.0 Å². The Morgan fingerprint density at radius 1 is 1.15 bits per heavy atom. The van der Waals surface area contributed by atoms with Gasteiger partial charge in [0.1, 0.15) is 0 Å². The van der Waals surface area contributed by atoms with Crippen LogP contribution >= 0.6 is 0 Å². The predicted molar refractivity (Wildman–Crippen MR) is 134 cm³/mol. The lowest BCUT2D eigenvalue weighted by molar-refractivity contribution is 0.0858. The lowest BCUT2D eigenvalue weighted by Gasteiger charge is -2.31. The highest BCUT2D eigenvalue weighted by Crippen LogP contribution is 2.30. The van der Waals surface area contributed by atoms with E-state index in [1.54, 1.807) is 24.3 Å². The van der Waals surface area contributed by atoms with Crippen molar-refractivity contribution >= 4 is 27.3 Å². The Morgan fingerprint density at radius 2 is 1.88 bits per heavy atom. The molecule has 2 aliphatic rings. The van der Waals surface area contributed by atoms with Crippen LogP contribution < -0.4 is 20.3 Å². The van der Waals surface area contributed by atoms with E-state index in [0.717, 1.165) is 56.9 Å². The molecule has 0 spiro atoms. The molecular weight excluding hydrogens is 452 g/mol. The molecule has 0 radical (unpaired) electrons. The molecule has 2 aromatic carbocycles. The summed E-state index contributed by atoms with van der Waals surface area (Å²) in [5.74, 6) is 0.0675. The van der Waals surface area contributed by atoms with Gasteiger partial charge in [0.2, 0.25) is 0 Å². The van der Waals surface area contributed by atoms with Crippen molar-refractivity contribution in [1.82, 2.24) is 10.6 Å². The second kappa shape index (κ2) is 10.8. The summed E-state index contributed by atoms with van der Waals surface area (Å²) < 4.78 is 34.8. The standard InChI is InChI=1S/C25H34N4O4S/c1-18(2)19-5-8-22(9-6-19)34(31,32)28-23-16-20(25(30)27-17-21-4-3-15-33-21)7-10-24(23)29-13-11-26-12-14-29/h5-10,16,18,21,26,28H,3-4,11-15,17H2,1-2H3,(H,27,30)/t21-/m1/s1. The maximum absolute atomic E-state index is 13.2. The monoisotopic (exact) mass is 486 g/mol. The van der Waals surface area contributed by atoms with Crippen LogP contribution in [0.5, 0.6) is 0 Å². The van der Waals surface area contributed by atoms with Crippen LogP contribution in [-0.4, -0.2) is 59.8 Å². The number of nitrogens with one attached hydrogen (secondary N) is 3. The number of benzene rings is 2. The van der Waals surface area contributed by atoms with Gasteiger partial charge in [0.05, 0.1) is 22.4 Å². The molecule has 9 heteroatoms. The van der Waals surface area contributed by atoms with Crippen molar-refractivity contribution in [2.75, 3.05) is 49.0 Å². The minimum absolute atomic E-state index is 0.0378. The van der Waals surface area contributed by atoms with Gasteiger partial charge >= 0.3 is 0 Å². The fourth-order valence-corrected chi connectivity index (χ4v) is 5.36. The van der Waals surface area contributed by atoms with Gasteiger partial charge in [0.15, 0.2) is 0 Å². The molecule has 4 rings (SSSR count). The van der Waals surface area contributed by atoms with Gasteiger partial charge < -0.3 is 20.3 Å². The predicted octanol–water partition coefficient (Wildman–Crippen LogP) is 2.93. The second-order valence-electron chi connectivity index (χ2n) is 9.14. The highest BCUT2D eigenvalue weighted by atomic mass is 32.2. The first-order chi connectivity index (χ1) is 16.3. The molecule has 3 N–H and O–H groups in total. The quantitative estimate of drug-likeness (QED) is 0.531. The van der Waals surface area contributed by atoms with E-state index in [0.29, 0.717) is 23.7 Å². The third-order valence-corrected chi connectivity index (χ3v) is 7.71. The summed E-state index contributed by atoms with van der Waals surface area (Å²) in [7, 11) is -3.83. The van der Waals surface area contributed by atoms with Crippen LogP contribution in [0.2, 0.25) is 0 Å². The zero-order valence-electron chi connectivity index (χ0n) is 19.8. The molecule has 0 unspecified atom stereocenters. The van der Waals surface area contributed by atoms with Crippen LogP contribution in [0.25, 0.3) is 0 Å². The summed E-state index contributed by atoms with van der Waals surface area (Å²) in [5.41, 5.74) is 2.65. The van der Waals surface area contributed by atoms with Crippen molar-refractivity contribution in [3.8, 4) is 0 Å². The van der Waals surface area contributed by atoms with Gasteiger partial charge in [-0.25, -0.2) is 8.42 Å². The third kappa shape index (κ3) is 5.89. The van der Waals surface area contributed by atoms with Crippen LogP contribution in [0.4, 0.5) is 11.4 Å². The number of carbonyl (C=O) groups excluding carboxylic acids is 1. The van der Waals surface area contributed by atoms with Crippen molar-refractivity contribution in [2.24, 2.45) is 0 Å². The Morgan fingerprint density at radius 3 is 2.53 bits per heavy atom. The fraction of sp³-hybridized carbons (Fsp3) is 0.480. The molecule has 2 heterocycles. The van der Waals surface area contributed by atoms with Gasteiger partial charge in [0.25, 0.3) is 15.9 Å². The number of piperazine rings is 1. The van der Waals surface area contributed by atoms with Crippen LogP contribution in [0.15, 0.2) is 47.4 Å². The summed E-state index contributed by atoms with van der Waals surface area (Å²) >= 11 is 0. The number of hydrogen-bond donors (Lipinski definition) is 3. The van der Waals surface area contributed by atoms with Crippen molar-refractivity contribution in [3.63, 3.8) is 0 Å². The summed E-state index contributed by atoms with van der Waals surface area (Å²) in [6.07, 6.45) is 1.98. The van der Waals surface area contributed by atoms with E-state index in [-0.39, 0.29) is 16.9 Å². The number of ether oxygens (including phenoxy) is 1. The number of rotatable bonds is 8. The van der Waals surface area contributed by atoms with E-state index < -0.39 is 10.0 Å².